The molecule has 0 aliphatic carbocycles. The lowest BCUT2D eigenvalue weighted by molar-refractivity contribution is -0.142. The van der Waals surface area contributed by atoms with Crippen LogP contribution in [-0.4, -0.2) is 17.6 Å². The highest BCUT2D eigenvalue weighted by atomic mass is 19.4. The van der Waals surface area contributed by atoms with E-state index in [0.717, 1.165) is 23.4 Å². The van der Waals surface area contributed by atoms with Crippen molar-refractivity contribution in [2.45, 2.75) is 44.8 Å². The van der Waals surface area contributed by atoms with Crippen LogP contribution >= 0.6 is 0 Å². The van der Waals surface area contributed by atoms with E-state index in [2.05, 4.69) is 13.8 Å². The average molecular weight is 391 g/mol. The molecule has 1 unspecified atom stereocenters. The molecule has 1 N–H and O–H groups in total. The van der Waals surface area contributed by atoms with Crippen LogP contribution in [0.15, 0.2) is 48.5 Å². The van der Waals surface area contributed by atoms with Gasteiger partial charge in [0.05, 0.1) is 17.5 Å². The van der Waals surface area contributed by atoms with Gasteiger partial charge in [0.1, 0.15) is 0 Å². The molecule has 0 bridgehead atoms. The maximum Gasteiger partial charge on any atom is 0.416 e. The van der Waals surface area contributed by atoms with Crippen LogP contribution in [0, 0.1) is 5.92 Å². The fourth-order valence-corrected chi connectivity index (χ4v) is 3.75. The van der Waals surface area contributed by atoms with Crippen LogP contribution in [0.1, 0.15) is 55.3 Å². The van der Waals surface area contributed by atoms with Crippen LogP contribution in [0.2, 0.25) is 0 Å². The molecule has 1 aliphatic heterocycles. The lowest BCUT2D eigenvalue weighted by atomic mass is 9.88. The highest BCUT2D eigenvalue weighted by Gasteiger charge is 2.34. The average Bonchev–Trinajstić information content (AvgIpc) is 2.67. The summed E-state index contributed by atoms with van der Waals surface area (Å²) in [5.41, 5.74) is 2.16. The second-order valence-corrected chi connectivity index (χ2v) is 7.65. The highest BCUT2D eigenvalue weighted by Crippen LogP contribution is 2.38. The van der Waals surface area contributed by atoms with Crippen LogP contribution < -0.4 is 4.90 Å². The topological polar surface area (TPSA) is 40.5 Å². The van der Waals surface area contributed by atoms with Crippen LogP contribution in [0.4, 0.5) is 18.9 Å². The maximum absolute atomic E-state index is 12.9. The van der Waals surface area contributed by atoms with E-state index in [1.165, 1.54) is 17.7 Å². The fraction of sp³-hybridized carbons (Fsp3) is 0.409. The van der Waals surface area contributed by atoms with Gasteiger partial charge in [-0.15, -0.1) is 0 Å². The van der Waals surface area contributed by atoms with Gasteiger partial charge in [-0.2, -0.15) is 13.2 Å². The molecule has 2 aromatic rings. The first-order chi connectivity index (χ1) is 13.2. The number of rotatable bonds is 4. The Labute approximate surface area is 162 Å². The molecule has 28 heavy (non-hydrogen) atoms. The molecule has 1 aliphatic rings. The summed E-state index contributed by atoms with van der Waals surface area (Å²) in [7, 11) is 0. The third-order valence-electron chi connectivity index (χ3n) is 5.45. The molecular formula is C22H24F3NO2. The molecule has 1 saturated heterocycles. The molecule has 3 rings (SSSR count). The standard InChI is InChI=1S/C22H24F3NO2/c1-14(2)15-5-10-19(11-6-15)26-13-17(21(27)28)7-12-20(26)16-3-8-18(9-4-16)22(23,24)25/h3-6,8-11,14,17,20H,7,12-13H2,1-2H3,(H,27,28)/t17?,20-/m0/s1. The zero-order valence-electron chi connectivity index (χ0n) is 15.9. The van der Waals surface area contributed by atoms with Crippen molar-refractivity contribution < 1.29 is 23.1 Å². The monoisotopic (exact) mass is 391 g/mol. The largest absolute Gasteiger partial charge is 0.481 e. The van der Waals surface area contributed by atoms with Crippen molar-refractivity contribution in [3.8, 4) is 0 Å². The Balaban J connectivity index is 1.92. The summed E-state index contributed by atoms with van der Waals surface area (Å²) in [6, 6.07) is 13.0. The summed E-state index contributed by atoms with van der Waals surface area (Å²) < 4.78 is 38.6. The molecule has 0 spiro atoms. The Bertz CT molecular complexity index is 813. The number of benzene rings is 2. The molecule has 6 heteroatoms. The smallest absolute Gasteiger partial charge is 0.416 e. The van der Waals surface area contributed by atoms with Crippen LogP contribution in [0.3, 0.4) is 0 Å². The predicted octanol–water partition coefficient (Wildman–Crippen LogP) is 5.87. The number of alkyl halides is 3. The van der Waals surface area contributed by atoms with Gasteiger partial charge in [-0.1, -0.05) is 38.1 Å². The molecule has 0 amide bonds. The highest BCUT2D eigenvalue weighted by molar-refractivity contribution is 5.71. The van der Waals surface area contributed by atoms with Crippen molar-refractivity contribution in [1.29, 1.82) is 0 Å². The summed E-state index contributed by atoms with van der Waals surface area (Å²) >= 11 is 0. The van der Waals surface area contributed by atoms with Crippen molar-refractivity contribution >= 4 is 11.7 Å². The van der Waals surface area contributed by atoms with Crippen LogP contribution in [0.25, 0.3) is 0 Å². The lowest BCUT2D eigenvalue weighted by Gasteiger charge is -2.40. The van der Waals surface area contributed by atoms with Gasteiger partial charge in [0.2, 0.25) is 0 Å². The molecule has 0 saturated carbocycles. The molecule has 1 fully saturated rings. The molecule has 0 aromatic heterocycles. The van der Waals surface area contributed by atoms with E-state index in [-0.39, 0.29) is 6.04 Å². The molecule has 2 atom stereocenters. The molecule has 150 valence electrons. The second kappa shape index (κ2) is 7.86. The van der Waals surface area contributed by atoms with Crippen molar-refractivity contribution in [2.24, 2.45) is 5.92 Å². The zero-order chi connectivity index (χ0) is 20.5. The number of halogens is 3. The number of hydrogen-bond acceptors (Lipinski definition) is 2. The Kier molecular flexibility index (Phi) is 5.68. The molecule has 3 nitrogen and oxygen atoms in total. The van der Waals surface area contributed by atoms with Crippen molar-refractivity contribution in [2.75, 3.05) is 11.4 Å². The number of nitrogens with zero attached hydrogens (tertiary/aromatic N) is 1. The van der Waals surface area contributed by atoms with Gasteiger partial charge < -0.3 is 10.0 Å². The summed E-state index contributed by atoms with van der Waals surface area (Å²) in [6.45, 7) is 4.53. The first kappa shape index (κ1) is 20.2. The number of carboxylic acids is 1. The maximum atomic E-state index is 12.9. The quantitative estimate of drug-likeness (QED) is 0.708. The summed E-state index contributed by atoms with van der Waals surface area (Å²) in [6.07, 6.45) is -3.29. The van der Waals surface area contributed by atoms with E-state index in [9.17, 15) is 23.1 Å². The van der Waals surface area contributed by atoms with Gasteiger partial charge in [-0.3, -0.25) is 4.79 Å². The van der Waals surface area contributed by atoms with Crippen LogP contribution in [-0.2, 0) is 11.0 Å². The van der Waals surface area contributed by atoms with Gasteiger partial charge in [-0.25, -0.2) is 0 Å². The molecule has 0 radical (unpaired) electrons. The number of carboxylic acid groups (broad SMARTS) is 1. The Morgan fingerprint density at radius 1 is 1.04 bits per heavy atom. The second-order valence-electron chi connectivity index (χ2n) is 7.65. The first-order valence-electron chi connectivity index (χ1n) is 9.43. The Hall–Kier alpha value is -2.50. The minimum Gasteiger partial charge on any atom is -0.481 e. The Morgan fingerprint density at radius 3 is 2.14 bits per heavy atom. The molecular weight excluding hydrogens is 367 g/mol. The number of hydrogen-bond donors (Lipinski definition) is 1. The third kappa shape index (κ3) is 4.32. The minimum absolute atomic E-state index is 0.150. The number of anilines is 1. The Morgan fingerprint density at radius 2 is 1.64 bits per heavy atom. The summed E-state index contributed by atoms with van der Waals surface area (Å²) in [5.74, 6) is -0.946. The van der Waals surface area contributed by atoms with E-state index < -0.39 is 23.6 Å². The van der Waals surface area contributed by atoms with E-state index in [4.69, 9.17) is 0 Å². The third-order valence-corrected chi connectivity index (χ3v) is 5.45. The van der Waals surface area contributed by atoms with E-state index in [1.54, 1.807) is 0 Å². The zero-order valence-corrected chi connectivity index (χ0v) is 15.9. The van der Waals surface area contributed by atoms with E-state index in [0.29, 0.717) is 25.3 Å². The summed E-state index contributed by atoms with van der Waals surface area (Å²) in [4.78, 5) is 13.5. The van der Waals surface area contributed by atoms with Crippen LogP contribution in [0.5, 0.6) is 0 Å². The lowest BCUT2D eigenvalue weighted by Crippen LogP contribution is -2.41. The van der Waals surface area contributed by atoms with Gasteiger partial charge >= 0.3 is 12.1 Å². The van der Waals surface area contributed by atoms with Crippen molar-refractivity contribution in [3.05, 3.63) is 65.2 Å². The molecule has 2 aromatic carbocycles. The normalized spacial score (nSPS) is 20.4. The minimum atomic E-state index is -4.37. The molecule has 1 heterocycles. The number of carbonyl (C=O) groups is 1. The van der Waals surface area contributed by atoms with Gasteiger partial charge in [0.15, 0.2) is 0 Å². The SMILES string of the molecule is CC(C)c1ccc(N2CC(C(=O)O)CC[C@H]2c2ccc(C(F)(F)F)cc2)cc1. The van der Waals surface area contributed by atoms with E-state index >= 15 is 0 Å². The predicted molar refractivity (Wildman–Crippen MR) is 102 cm³/mol. The number of piperidine rings is 1. The summed E-state index contributed by atoms with van der Waals surface area (Å²) in [5, 5.41) is 9.45. The number of aliphatic carboxylic acids is 1. The fourth-order valence-electron chi connectivity index (χ4n) is 3.75. The van der Waals surface area contributed by atoms with Crippen molar-refractivity contribution in [1.82, 2.24) is 0 Å². The van der Waals surface area contributed by atoms with Gasteiger partial charge in [0, 0.05) is 12.2 Å². The first-order valence-corrected chi connectivity index (χ1v) is 9.43. The van der Waals surface area contributed by atoms with Crippen molar-refractivity contribution in [3.63, 3.8) is 0 Å². The van der Waals surface area contributed by atoms with Gasteiger partial charge in [0.25, 0.3) is 0 Å². The van der Waals surface area contributed by atoms with Gasteiger partial charge in [-0.05, 0) is 54.2 Å². The van der Waals surface area contributed by atoms with E-state index in [1.807, 2.05) is 29.2 Å².